The van der Waals surface area contributed by atoms with E-state index in [1.807, 2.05) is 6.07 Å². The Morgan fingerprint density at radius 3 is 2.71 bits per heavy atom. The first-order chi connectivity index (χ1) is 8.36. The molecule has 2 heterocycles. The van der Waals surface area contributed by atoms with Gasteiger partial charge in [0.15, 0.2) is 0 Å². The van der Waals surface area contributed by atoms with Gasteiger partial charge in [-0.05, 0) is 18.7 Å². The van der Waals surface area contributed by atoms with Crippen molar-refractivity contribution in [1.82, 2.24) is 5.32 Å². The molecule has 1 N–H and O–H groups in total. The zero-order valence-corrected chi connectivity index (χ0v) is 9.98. The van der Waals surface area contributed by atoms with Gasteiger partial charge in [0.2, 0.25) is 0 Å². The lowest BCUT2D eigenvalue weighted by atomic mass is 9.86. The maximum Gasteiger partial charge on any atom is 0.145 e. The van der Waals surface area contributed by atoms with Crippen LogP contribution in [0.3, 0.4) is 0 Å². The van der Waals surface area contributed by atoms with E-state index in [-0.39, 0.29) is 5.60 Å². The van der Waals surface area contributed by atoms with E-state index in [4.69, 9.17) is 4.84 Å². The first kappa shape index (κ1) is 10.8. The van der Waals surface area contributed by atoms with Crippen molar-refractivity contribution in [2.45, 2.75) is 31.3 Å². The van der Waals surface area contributed by atoms with Crippen molar-refractivity contribution >= 4 is 5.71 Å². The van der Waals surface area contributed by atoms with E-state index in [0.717, 1.165) is 38.8 Å². The molecule has 3 heteroatoms. The minimum Gasteiger partial charge on any atom is -0.389 e. The normalized spacial score (nSPS) is 22.2. The molecule has 1 spiro atoms. The van der Waals surface area contributed by atoms with Crippen LogP contribution in [-0.4, -0.2) is 24.4 Å². The number of hydrogen-bond donors (Lipinski definition) is 1. The molecule has 2 aliphatic rings. The molecule has 90 valence electrons. The molecule has 17 heavy (non-hydrogen) atoms. The van der Waals surface area contributed by atoms with E-state index in [2.05, 4.69) is 34.7 Å². The van der Waals surface area contributed by atoms with E-state index in [1.54, 1.807) is 0 Å². The SMILES string of the molecule is c1ccc(CC2=NOC3(CCNCC3)C2)cc1. The van der Waals surface area contributed by atoms with E-state index in [9.17, 15) is 0 Å². The smallest absolute Gasteiger partial charge is 0.145 e. The standard InChI is InChI=1S/C14H18N2O/c1-2-4-12(5-3-1)10-13-11-14(17-16-13)6-8-15-9-7-14/h1-5,15H,6-11H2. The highest BCUT2D eigenvalue weighted by Crippen LogP contribution is 2.33. The molecule has 1 aromatic rings. The first-order valence-corrected chi connectivity index (χ1v) is 6.35. The average molecular weight is 230 g/mol. The summed E-state index contributed by atoms with van der Waals surface area (Å²) in [5, 5.41) is 7.67. The van der Waals surface area contributed by atoms with E-state index >= 15 is 0 Å². The second-order valence-electron chi connectivity index (χ2n) is 5.02. The summed E-state index contributed by atoms with van der Waals surface area (Å²) < 4.78 is 0. The van der Waals surface area contributed by atoms with Crippen LogP contribution in [0.15, 0.2) is 35.5 Å². The van der Waals surface area contributed by atoms with Crippen molar-refractivity contribution in [3.8, 4) is 0 Å². The van der Waals surface area contributed by atoms with Crippen molar-refractivity contribution in [2.75, 3.05) is 13.1 Å². The zero-order valence-electron chi connectivity index (χ0n) is 9.98. The van der Waals surface area contributed by atoms with Gasteiger partial charge in [-0.3, -0.25) is 0 Å². The summed E-state index contributed by atoms with van der Waals surface area (Å²) in [6.07, 6.45) is 4.09. The Balaban J connectivity index is 1.63. The van der Waals surface area contributed by atoms with Gasteiger partial charge in [0.1, 0.15) is 5.60 Å². The van der Waals surface area contributed by atoms with Crippen LogP contribution in [0.2, 0.25) is 0 Å². The number of nitrogens with one attached hydrogen (secondary N) is 1. The first-order valence-electron chi connectivity index (χ1n) is 6.35. The Bertz CT molecular complexity index is 407. The largest absolute Gasteiger partial charge is 0.389 e. The summed E-state index contributed by atoms with van der Waals surface area (Å²) in [6, 6.07) is 10.5. The lowest BCUT2D eigenvalue weighted by Crippen LogP contribution is -2.42. The van der Waals surface area contributed by atoms with Gasteiger partial charge in [-0.1, -0.05) is 35.5 Å². The number of piperidine rings is 1. The molecule has 1 aromatic carbocycles. The highest BCUT2D eigenvalue weighted by Gasteiger charge is 2.39. The van der Waals surface area contributed by atoms with Crippen molar-refractivity contribution in [2.24, 2.45) is 5.16 Å². The van der Waals surface area contributed by atoms with Crippen LogP contribution in [0, 0.1) is 0 Å². The quantitative estimate of drug-likeness (QED) is 0.844. The summed E-state index contributed by atoms with van der Waals surface area (Å²) >= 11 is 0. The number of oxime groups is 1. The van der Waals surface area contributed by atoms with Crippen LogP contribution in [0.4, 0.5) is 0 Å². The van der Waals surface area contributed by atoms with E-state index in [0.29, 0.717) is 0 Å². The van der Waals surface area contributed by atoms with Gasteiger partial charge >= 0.3 is 0 Å². The minimum atomic E-state index is 0.00929. The lowest BCUT2D eigenvalue weighted by Gasteiger charge is -2.30. The van der Waals surface area contributed by atoms with Crippen LogP contribution < -0.4 is 5.32 Å². The highest BCUT2D eigenvalue weighted by atomic mass is 16.7. The van der Waals surface area contributed by atoms with Crippen LogP contribution in [0.5, 0.6) is 0 Å². The topological polar surface area (TPSA) is 33.6 Å². The van der Waals surface area contributed by atoms with E-state index < -0.39 is 0 Å². The maximum absolute atomic E-state index is 5.71. The van der Waals surface area contributed by atoms with Crippen LogP contribution in [-0.2, 0) is 11.3 Å². The van der Waals surface area contributed by atoms with Gasteiger partial charge in [0.25, 0.3) is 0 Å². The summed E-state index contributed by atoms with van der Waals surface area (Å²) in [4.78, 5) is 5.71. The second-order valence-corrected chi connectivity index (χ2v) is 5.02. The van der Waals surface area contributed by atoms with Gasteiger partial charge in [0.05, 0.1) is 5.71 Å². The third kappa shape index (κ3) is 2.34. The third-order valence-electron chi connectivity index (χ3n) is 3.66. The van der Waals surface area contributed by atoms with Crippen LogP contribution in [0.25, 0.3) is 0 Å². The predicted molar refractivity (Wildman–Crippen MR) is 68.1 cm³/mol. The molecular formula is C14H18N2O. The molecule has 0 aromatic heterocycles. The lowest BCUT2D eigenvalue weighted by molar-refractivity contribution is -0.0400. The minimum absolute atomic E-state index is 0.00929. The summed E-state index contributed by atoms with van der Waals surface area (Å²) in [7, 11) is 0. The molecule has 3 rings (SSSR count). The number of rotatable bonds is 2. The molecule has 1 saturated heterocycles. The van der Waals surface area contributed by atoms with Gasteiger partial charge in [-0.2, -0.15) is 0 Å². The summed E-state index contributed by atoms with van der Waals surface area (Å²) in [6.45, 7) is 2.10. The fourth-order valence-electron chi connectivity index (χ4n) is 2.67. The Morgan fingerprint density at radius 1 is 1.18 bits per heavy atom. The predicted octanol–water partition coefficient (Wildman–Crippen LogP) is 2.13. The van der Waals surface area contributed by atoms with Crippen LogP contribution in [0.1, 0.15) is 24.8 Å². The van der Waals surface area contributed by atoms with Crippen molar-refractivity contribution in [1.29, 1.82) is 0 Å². The highest BCUT2D eigenvalue weighted by molar-refractivity contribution is 5.88. The monoisotopic (exact) mass is 230 g/mol. The zero-order chi connectivity index (χ0) is 11.6. The molecule has 1 fully saturated rings. The molecule has 0 amide bonds. The Labute approximate surface area is 102 Å². The molecule has 0 bridgehead atoms. The molecule has 0 saturated carbocycles. The third-order valence-corrected chi connectivity index (χ3v) is 3.66. The van der Waals surface area contributed by atoms with Gasteiger partial charge in [-0.25, -0.2) is 0 Å². The Morgan fingerprint density at radius 2 is 1.94 bits per heavy atom. The molecule has 0 radical (unpaired) electrons. The second kappa shape index (κ2) is 4.49. The van der Waals surface area contributed by atoms with Gasteiger partial charge < -0.3 is 10.2 Å². The Kier molecular flexibility index (Phi) is 2.85. The average Bonchev–Trinajstić information content (AvgIpc) is 2.74. The fourth-order valence-corrected chi connectivity index (χ4v) is 2.67. The molecule has 2 aliphatic heterocycles. The summed E-state index contributed by atoms with van der Waals surface area (Å²) in [5.41, 5.74) is 2.52. The fraction of sp³-hybridized carbons (Fsp3) is 0.500. The van der Waals surface area contributed by atoms with Gasteiger partial charge in [0, 0.05) is 25.7 Å². The molecule has 0 unspecified atom stereocenters. The number of benzene rings is 1. The molecule has 3 nitrogen and oxygen atoms in total. The molecule has 0 aliphatic carbocycles. The molecule has 0 atom stereocenters. The van der Waals surface area contributed by atoms with Crippen LogP contribution >= 0.6 is 0 Å². The Hall–Kier alpha value is -1.35. The van der Waals surface area contributed by atoms with E-state index in [1.165, 1.54) is 11.3 Å². The maximum atomic E-state index is 5.71. The van der Waals surface area contributed by atoms with Crippen molar-refractivity contribution < 1.29 is 4.84 Å². The summed E-state index contributed by atoms with van der Waals surface area (Å²) in [5.74, 6) is 0. The number of nitrogens with zero attached hydrogens (tertiary/aromatic N) is 1. The molecular weight excluding hydrogens is 212 g/mol. The van der Waals surface area contributed by atoms with Crippen molar-refractivity contribution in [3.63, 3.8) is 0 Å². The van der Waals surface area contributed by atoms with Crippen molar-refractivity contribution in [3.05, 3.63) is 35.9 Å². The number of hydrogen-bond acceptors (Lipinski definition) is 3. The van der Waals surface area contributed by atoms with Gasteiger partial charge in [-0.15, -0.1) is 0 Å².